The summed E-state index contributed by atoms with van der Waals surface area (Å²) >= 11 is 0. The molecule has 2 heteroatoms. The molecule has 0 spiro atoms. The fraction of sp³-hybridized carbons (Fsp3) is 0.667. The molecule has 3 rings (SSSR count). The van der Waals surface area contributed by atoms with Gasteiger partial charge in [-0.2, -0.15) is 0 Å². The molecular weight excluding hydrogens is 248 g/mol. The van der Waals surface area contributed by atoms with Gasteiger partial charge in [0.1, 0.15) is 5.75 Å². The maximum atomic E-state index is 11.0. The Labute approximate surface area is 122 Å². The number of ether oxygens (including phenoxy) is 1. The number of fused-ring (bicyclic) bond motifs is 1. The van der Waals surface area contributed by atoms with Gasteiger partial charge in [-0.15, -0.1) is 0 Å². The average molecular weight is 274 g/mol. The Morgan fingerprint density at radius 3 is 2.70 bits per heavy atom. The van der Waals surface area contributed by atoms with E-state index in [1.54, 1.807) is 0 Å². The zero-order valence-electron chi connectivity index (χ0n) is 12.5. The molecule has 0 saturated heterocycles. The van der Waals surface area contributed by atoms with Crippen LogP contribution in [0.3, 0.4) is 0 Å². The molecule has 2 atom stereocenters. The van der Waals surface area contributed by atoms with Crippen molar-refractivity contribution in [2.24, 2.45) is 5.92 Å². The van der Waals surface area contributed by atoms with E-state index in [-0.39, 0.29) is 0 Å². The van der Waals surface area contributed by atoms with Gasteiger partial charge in [-0.3, -0.25) is 0 Å². The molecule has 1 aromatic rings. The van der Waals surface area contributed by atoms with E-state index in [0.717, 1.165) is 25.2 Å². The topological polar surface area (TPSA) is 29.5 Å². The summed E-state index contributed by atoms with van der Waals surface area (Å²) in [6.45, 7) is 2.84. The van der Waals surface area contributed by atoms with Crippen molar-refractivity contribution in [3.8, 4) is 5.75 Å². The van der Waals surface area contributed by atoms with Crippen LogP contribution in [0.4, 0.5) is 0 Å². The standard InChI is InChI=1S/C18H26O2/c1-18(19,15-7-3-2-4-8-15)13-14-11-12-20-17-10-6-5-9-16(14)17/h5-6,9-10,14-15,19H,2-4,7-8,11-13H2,1H3. The second-order valence-corrected chi connectivity index (χ2v) is 6.77. The Hall–Kier alpha value is -1.02. The third kappa shape index (κ3) is 2.85. The van der Waals surface area contributed by atoms with Crippen LogP contribution in [0.2, 0.25) is 0 Å². The second-order valence-electron chi connectivity index (χ2n) is 6.77. The van der Waals surface area contributed by atoms with Gasteiger partial charge in [0.2, 0.25) is 0 Å². The normalized spacial score (nSPS) is 26.4. The first-order chi connectivity index (χ1) is 9.67. The molecule has 0 aromatic heterocycles. The summed E-state index contributed by atoms with van der Waals surface area (Å²) < 4.78 is 5.73. The zero-order valence-corrected chi connectivity index (χ0v) is 12.5. The Morgan fingerprint density at radius 2 is 1.90 bits per heavy atom. The summed E-state index contributed by atoms with van der Waals surface area (Å²) in [5.41, 5.74) is 0.755. The second kappa shape index (κ2) is 5.77. The molecule has 1 heterocycles. The van der Waals surface area contributed by atoms with E-state index < -0.39 is 5.60 Å². The molecule has 0 amide bonds. The molecule has 110 valence electrons. The van der Waals surface area contributed by atoms with Gasteiger partial charge in [0.15, 0.2) is 0 Å². The van der Waals surface area contributed by atoms with Crippen LogP contribution in [-0.4, -0.2) is 17.3 Å². The predicted molar refractivity (Wildman–Crippen MR) is 81.1 cm³/mol. The van der Waals surface area contributed by atoms with Crippen molar-refractivity contribution in [2.75, 3.05) is 6.61 Å². The van der Waals surface area contributed by atoms with E-state index >= 15 is 0 Å². The lowest BCUT2D eigenvalue weighted by atomic mass is 9.72. The quantitative estimate of drug-likeness (QED) is 0.891. The first-order valence-corrected chi connectivity index (χ1v) is 8.11. The van der Waals surface area contributed by atoms with Crippen molar-refractivity contribution in [3.63, 3.8) is 0 Å². The van der Waals surface area contributed by atoms with E-state index in [4.69, 9.17) is 4.74 Å². The summed E-state index contributed by atoms with van der Waals surface area (Å²) in [7, 11) is 0. The number of benzene rings is 1. The average Bonchev–Trinajstić information content (AvgIpc) is 2.48. The van der Waals surface area contributed by atoms with Gasteiger partial charge in [0.05, 0.1) is 12.2 Å². The van der Waals surface area contributed by atoms with Gasteiger partial charge in [-0.1, -0.05) is 37.5 Å². The molecule has 1 aliphatic carbocycles. The molecule has 1 N–H and O–H groups in total. The third-order valence-electron chi connectivity index (χ3n) is 5.23. The van der Waals surface area contributed by atoms with Gasteiger partial charge < -0.3 is 9.84 Å². The van der Waals surface area contributed by atoms with Crippen molar-refractivity contribution in [1.29, 1.82) is 0 Å². The SMILES string of the molecule is CC(O)(CC1CCOc2ccccc21)C1CCCCC1. The van der Waals surface area contributed by atoms with Crippen molar-refractivity contribution in [2.45, 2.75) is 63.4 Å². The van der Waals surface area contributed by atoms with Crippen molar-refractivity contribution >= 4 is 0 Å². The first kappa shape index (κ1) is 13.9. The highest BCUT2D eigenvalue weighted by molar-refractivity contribution is 5.37. The minimum Gasteiger partial charge on any atom is -0.493 e. The van der Waals surface area contributed by atoms with Crippen molar-refractivity contribution < 1.29 is 9.84 Å². The van der Waals surface area contributed by atoms with E-state index in [1.165, 1.54) is 37.7 Å². The number of aliphatic hydroxyl groups is 1. The van der Waals surface area contributed by atoms with Crippen LogP contribution in [0, 0.1) is 5.92 Å². The van der Waals surface area contributed by atoms with Crippen LogP contribution >= 0.6 is 0 Å². The minimum atomic E-state index is -0.532. The van der Waals surface area contributed by atoms with Gasteiger partial charge in [0.25, 0.3) is 0 Å². The van der Waals surface area contributed by atoms with Gasteiger partial charge in [-0.05, 0) is 56.1 Å². The number of hydrogen-bond donors (Lipinski definition) is 1. The van der Waals surface area contributed by atoms with Crippen LogP contribution in [0.15, 0.2) is 24.3 Å². The molecular formula is C18H26O2. The van der Waals surface area contributed by atoms with Gasteiger partial charge in [0, 0.05) is 0 Å². The van der Waals surface area contributed by atoms with Crippen LogP contribution in [-0.2, 0) is 0 Å². The fourth-order valence-electron chi connectivity index (χ4n) is 4.02. The van der Waals surface area contributed by atoms with E-state index in [0.29, 0.717) is 11.8 Å². The summed E-state index contributed by atoms with van der Waals surface area (Å²) in [6, 6.07) is 8.32. The zero-order chi connectivity index (χ0) is 14.0. The Balaban J connectivity index is 1.74. The summed E-state index contributed by atoms with van der Waals surface area (Å²) in [6.07, 6.45) is 8.19. The predicted octanol–water partition coefficient (Wildman–Crippen LogP) is 4.27. The number of para-hydroxylation sites is 1. The monoisotopic (exact) mass is 274 g/mol. The fourth-order valence-corrected chi connectivity index (χ4v) is 4.02. The lowest BCUT2D eigenvalue weighted by Crippen LogP contribution is -2.38. The Morgan fingerprint density at radius 1 is 1.15 bits per heavy atom. The molecule has 20 heavy (non-hydrogen) atoms. The molecule has 2 unspecified atom stereocenters. The lowest BCUT2D eigenvalue weighted by Gasteiger charge is -2.39. The first-order valence-electron chi connectivity index (χ1n) is 8.11. The minimum absolute atomic E-state index is 0.442. The third-order valence-corrected chi connectivity index (χ3v) is 5.23. The summed E-state index contributed by atoms with van der Waals surface area (Å²) in [5.74, 6) is 1.94. The molecule has 2 nitrogen and oxygen atoms in total. The van der Waals surface area contributed by atoms with E-state index in [9.17, 15) is 5.11 Å². The van der Waals surface area contributed by atoms with E-state index in [1.807, 2.05) is 6.07 Å². The molecule has 2 aliphatic rings. The van der Waals surface area contributed by atoms with Crippen LogP contribution in [0.5, 0.6) is 5.75 Å². The van der Waals surface area contributed by atoms with Crippen molar-refractivity contribution in [3.05, 3.63) is 29.8 Å². The lowest BCUT2D eigenvalue weighted by molar-refractivity contribution is -0.0314. The maximum Gasteiger partial charge on any atom is 0.122 e. The maximum absolute atomic E-state index is 11.0. The highest BCUT2D eigenvalue weighted by Crippen LogP contribution is 2.43. The highest BCUT2D eigenvalue weighted by atomic mass is 16.5. The molecule has 1 aliphatic heterocycles. The number of hydrogen-bond acceptors (Lipinski definition) is 2. The van der Waals surface area contributed by atoms with E-state index in [2.05, 4.69) is 25.1 Å². The smallest absolute Gasteiger partial charge is 0.122 e. The van der Waals surface area contributed by atoms with Crippen molar-refractivity contribution in [1.82, 2.24) is 0 Å². The Kier molecular flexibility index (Phi) is 4.02. The molecule has 1 saturated carbocycles. The number of rotatable bonds is 3. The molecule has 0 bridgehead atoms. The molecule has 1 aromatic carbocycles. The molecule has 0 radical (unpaired) electrons. The largest absolute Gasteiger partial charge is 0.493 e. The summed E-state index contributed by atoms with van der Waals surface area (Å²) in [4.78, 5) is 0. The van der Waals surface area contributed by atoms with Gasteiger partial charge >= 0.3 is 0 Å². The van der Waals surface area contributed by atoms with Crippen LogP contribution in [0.1, 0.15) is 63.4 Å². The van der Waals surface area contributed by atoms with Gasteiger partial charge in [-0.25, -0.2) is 0 Å². The molecule has 1 fully saturated rings. The highest BCUT2D eigenvalue weighted by Gasteiger charge is 2.36. The van der Waals surface area contributed by atoms with Crippen LogP contribution < -0.4 is 4.74 Å². The summed E-state index contributed by atoms with van der Waals surface area (Å²) in [5, 5.41) is 11.0. The Bertz CT molecular complexity index is 446. The van der Waals surface area contributed by atoms with Crippen LogP contribution in [0.25, 0.3) is 0 Å².